The van der Waals surface area contributed by atoms with Gasteiger partial charge in [-0.1, -0.05) is 36.4 Å². The summed E-state index contributed by atoms with van der Waals surface area (Å²) in [5, 5.41) is 3.44. The van der Waals surface area contributed by atoms with Gasteiger partial charge in [0.15, 0.2) is 0 Å². The first kappa shape index (κ1) is 18.7. The SMILES string of the molecule is CC(=O)OC(C(=O)Oc1ccc2c(c1)C(C)=CC(C)(C)N2)c1ccccc1. The van der Waals surface area contributed by atoms with Gasteiger partial charge in [-0.25, -0.2) is 4.79 Å². The largest absolute Gasteiger partial charge is 0.446 e. The first-order chi connectivity index (χ1) is 12.7. The van der Waals surface area contributed by atoms with Crippen molar-refractivity contribution in [1.82, 2.24) is 0 Å². The van der Waals surface area contributed by atoms with Crippen molar-refractivity contribution >= 4 is 23.2 Å². The summed E-state index contributed by atoms with van der Waals surface area (Å²) in [4.78, 5) is 24.1. The quantitative estimate of drug-likeness (QED) is 0.638. The molecule has 5 heteroatoms. The summed E-state index contributed by atoms with van der Waals surface area (Å²) in [7, 11) is 0. The van der Waals surface area contributed by atoms with Crippen LogP contribution in [-0.4, -0.2) is 17.5 Å². The minimum Gasteiger partial charge on any atom is -0.446 e. The molecule has 0 saturated carbocycles. The molecule has 1 aliphatic rings. The smallest absolute Gasteiger partial charge is 0.357 e. The molecular formula is C22H23NO4. The van der Waals surface area contributed by atoms with Crippen molar-refractivity contribution < 1.29 is 19.1 Å². The fraction of sp³-hybridized carbons (Fsp3) is 0.273. The van der Waals surface area contributed by atoms with Gasteiger partial charge >= 0.3 is 11.9 Å². The molecule has 1 unspecified atom stereocenters. The zero-order chi connectivity index (χ0) is 19.6. The van der Waals surface area contributed by atoms with Crippen LogP contribution in [0.4, 0.5) is 5.69 Å². The van der Waals surface area contributed by atoms with Crippen LogP contribution in [0.5, 0.6) is 5.75 Å². The maximum absolute atomic E-state index is 12.7. The molecule has 5 nitrogen and oxygen atoms in total. The van der Waals surface area contributed by atoms with Crippen LogP contribution in [0.25, 0.3) is 5.57 Å². The first-order valence-electron chi connectivity index (χ1n) is 8.81. The maximum atomic E-state index is 12.7. The predicted octanol–water partition coefficient (Wildman–Crippen LogP) is 4.50. The van der Waals surface area contributed by atoms with Gasteiger partial charge in [0.05, 0.1) is 5.54 Å². The third kappa shape index (κ3) is 4.37. The Labute approximate surface area is 159 Å². The van der Waals surface area contributed by atoms with Crippen LogP contribution in [-0.2, 0) is 14.3 Å². The van der Waals surface area contributed by atoms with Crippen molar-refractivity contribution in [2.24, 2.45) is 0 Å². The number of benzene rings is 2. The van der Waals surface area contributed by atoms with E-state index in [1.165, 1.54) is 6.92 Å². The Balaban J connectivity index is 1.85. The number of anilines is 1. The summed E-state index contributed by atoms with van der Waals surface area (Å²) < 4.78 is 10.7. The fourth-order valence-electron chi connectivity index (χ4n) is 3.24. The van der Waals surface area contributed by atoms with E-state index in [1.807, 2.05) is 25.1 Å². The van der Waals surface area contributed by atoms with Gasteiger partial charge in [0.25, 0.3) is 0 Å². The van der Waals surface area contributed by atoms with E-state index in [0.29, 0.717) is 11.3 Å². The van der Waals surface area contributed by atoms with Gasteiger partial charge in [-0.15, -0.1) is 0 Å². The van der Waals surface area contributed by atoms with Gasteiger partial charge in [-0.3, -0.25) is 4.79 Å². The summed E-state index contributed by atoms with van der Waals surface area (Å²) in [5.41, 5.74) is 3.49. The number of ether oxygens (including phenoxy) is 2. The van der Waals surface area contributed by atoms with E-state index in [1.54, 1.807) is 30.3 Å². The Morgan fingerprint density at radius 1 is 1.07 bits per heavy atom. The van der Waals surface area contributed by atoms with Gasteiger partial charge in [0.1, 0.15) is 5.75 Å². The van der Waals surface area contributed by atoms with Crippen LogP contribution in [0, 0.1) is 0 Å². The lowest BCUT2D eigenvalue weighted by Crippen LogP contribution is -2.31. The Morgan fingerprint density at radius 2 is 1.78 bits per heavy atom. The van der Waals surface area contributed by atoms with Crippen molar-refractivity contribution in [2.75, 3.05) is 5.32 Å². The molecule has 2 aromatic rings. The second-order valence-electron chi connectivity index (χ2n) is 7.20. The highest BCUT2D eigenvalue weighted by atomic mass is 16.6. The van der Waals surface area contributed by atoms with Crippen molar-refractivity contribution in [3.05, 3.63) is 65.7 Å². The molecule has 0 radical (unpaired) electrons. The normalized spacial score (nSPS) is 15.6. The molecule has 27 heavy (non-hydrogen) atoms. The lowest BCUT2D eigenvalue weighted by atomic mass is 9.91. The van der Waals surface area contributed by atoms with Gasteiger partial charge in [0, 0.05) is 23.7 Å². The Kier molecular flexibility index (Phi) is 5.04. The summed E-state index contributed by atoms with van der Waals surface area (Å²) in [6, 6.07) is 14.3. The molecule has 0 aliphatic carbocycles. The van der Waals surface area contributed by atoms with Crippen LogP contribution in [0.2, 0.25) is 0 Å². The topological polar surface area (TPSA) is 64.6 Å². The van der Waals surface area contributed by atoms with Crippen molar-refractivity contribution in [3.8, 4) is 5.75 Å². The number of rotatable bonds is 4. The number of carbonyl (C=O) groups excluding carboxylic acids is 2. The Morgan fingerprint density at radius 3 is 2.44 bits per heavy atom. The second-order valence-corrected chi connectivity index (χ2v) is 7.20. The lowest BCUT2D eigenvalue weighted by Gasteiger charge is -2.31. The zero-order valence-electron chi connectivity index (χ0n) is 15.9. The average molecular weight is 365 g/mol. The van der Waals surface area contributed by atoms with Gasteiger partial charge < -0.3 is 14.8 Å². The van der Waals surface area contributed by atoms with Crippen molar-refractivity contribution in [1.29, 1.82) is 0 Å². The third-order valence-electron chi connectivity index (χ3n) is 4.27. The number of allylic oxidation sites excluding steroid dienone is 1. The van der Waals surface area contributed by atoms with E-state index in [4.69, 9.17) is 9.47 Å². The lowest BCUT2D eigenvalue weighted by molar-refractivity contribution is -0.161. The van der Waals surface area contributed by atoms with Crippen molar-refractivity contribution in [3.63, 3.8) is 0 Å². The van der Waals surface area contributed by atoms with E-state index in [9.17, 15) is 9.59 Å². The van der Waals surface area contributed by atoms with Gasteiger partial charge in [-0.2, -0.15) is 0 Å². The minimum atomic E-state index is -1.10. The molecule has 0 fully saturated rings. The maximum Gasteiger partial charge on any atom is 0.357 e. The standard InChI is InChI=1S/C22H23NO4/c1-14-13-22(3,4)23-19-11-10-17(12-18(14)19)27-21(25)20(26-15(2)24)16-8-6-5-7-9-16/h5-13,20,23H,1-4H3. The van der Waals surface area contributed by atoms with E-state index in [2.05, 4.69) is 25.2 Å². The first-order valence-corrected chi connectivity index (χ1v) is 8.81. The van der Waals surface area contributed by atoms with E-state index >= 15 is 0 Å². The van der Waals surface area contributed by atoms with E-state index < -0.39 is 18.0 Å². The summed E-state index contributed by atoms with van der Waals surface area (Å²) in [5.74, 6) is -0.778. The zero-order valence-corrected chi connectivity index (χ0v) is 15.9. The molecule has 0 amide bonds. The molecule has 1 heterocycles. The number of nitrogens with one attached hydrogen (secondary N) is 1. The molecule has 0 aromatic heterocycles. The van der Waals surface area contributed by atoms with E-state index in [-0.39, 0.29) is 5.54 Å². The summed E-state index contributed by atoms with van der Waals surface area (Å²) >= 11 is 0. The molecule has 1 N–H and O–H groups in total. The van der Waals surface area contributed by atoms with Gasteiger partial charge in [-0.05, 0) is 44.5 Å². The Hall–Kier alpha value is -3.08. The highest BCUT2D eigenvalue weighted by Gasteiger charge is 2.27. The van der Waals surface area contributed by atoms with Crippen LogP contribution in [0.1, 0.15) is 44.9 Å². The summed E-state index contributed by atoms with van der Waals surface area (Å²) in [6.07, 6.45) is 1.03. The number of esters is 2. The van der Waals surface area contributed by atoms with Crippen molar-refractivity contribution in [2.45, 2.75) is 39.3 Å². The molecule has 2 aromatic carbocycles. The molecule has 0 bridgehead atoms. The monoisotopic (exact) mass is 365 g/mol. The fourth-order valence-corrected chi connectivity index (χ4v) is 3.24. The Bertz CT molecular complexity index is 900. The summed E-state index contributed by atoms with van der Waals surface area (Å²) in [6.45, 7) is 7.48. The molecule has 140 valence electrons. The average Bonchev–Trinajstić information content (AvgIpc) is 2.60. The molecule has 1 aliphatic heterocycles. The highest BCUT2D eigenvalue weighted by Crippen LogP contribution is 2.36. The molecule has 0 spiro atoms. The molecule has 3 rings (SSSR count). The van der Waals surface area contributed by atoms with Gasteiger partial charge in [0.2, 0.25) is 6.10 Å². The minimum absolute atomic E-state index is 0.136. The van der Waals surface area contributed by atoms with Crippen LogP contribution in [0.15, 0.2) is 54.6 Å². The molecule has 1 atom stereocenters. The predicted molar refractivity (Wildman–Crippen MR) is 104 cm³/mol. The second kappa shape index (κ2) is 7.27. The number of carbonyl (C=O) groups is 2. The third-order valence-corrected chi connectivity index (χ3v) is 4.27. The molecule has 0 saturated heterocycles. The number of hydrogen-bond acceptors (Lipinski definition) is 5. The highest BCUT2D eigenvalue weighted by molar-refractivity contribution is 5.84. The van der Waals surface area contributed by atoms with Crippen LogP contribution in [0.3, 0.4) is 0 Å². The van der Waals surface area contributed by atoms with Crippen LogP contribution >= 0.6 is 0 Å². The number of hydrogen-bond donors (Lipinski definition) is 1. The number of fused-ring (bicyclic) bond motifs is 1. The molecular weight excluding hydrogens is 342 g/mol. The van der Waals surface area contributed by atoms with Crippen LogP contribution < -0.4 is 10.1 Å². The van der Waals surface area contributed by atoms with E-state index in [0.717, 1.165) is 16.8 Å².